The zero-order chi connectivity index (χ0) is 19.0. The number of hydrogen-bond donors (Lipinski definition) is 1. The van der Waals surface area contributed by atoms with Crippen molar-refractivity contribution >= 4 is 17.5 Å². The normalized spacial score (nSPS) is 12.4. The van der Waals surface area contributed by atoms with Gasteiger partial charge in [-0.15, -0.1) is 0 Å². The van der Waals surface area contributed by atoms with E-state index in [1.54, 1.807) is 13.2 Å². The molecule has 1 aromatic carbocycles. The summed E-state index contributed by atoms with van der Waals surface area (Å²) in [5.41, 5.74) is -0.286. The molecule has 0 aromatic heterocycles. The fourth-order valence-electron chi connectivity index (χ4n) is 2.46. The number of nitrogens with one attached hydrogen (secondary N) is 1. The predicted molar refractivity (Wildman–Crippen MR) is 94.1 cm³/mol. The largest absolute Gasteiger partial charge is 0.490 e. The van der Waals surface area contributed by atoms with Crippen molar-refractivity contribution in [2.45, 2.75) is 39.7 Å². The predicted octanol–water partition coefficient (Wildman–Crippen LogP) is 3.99. The van der Waals surface area contributed by atoms with Crippen molar-refractivity contribution in [3.05, 3.63) is 28.3 Å². The number of para-hydroxylation sites is 1. The Morgan fingerprint density at radius 1 is 1.32 bits per heavy atom. The van der Waals surface area contributed by atoms with Crippen LogP contribution in [-0.2, 0) is 9.47 Å². The van der Waals surface area contributed by atoms with E-state index in [4.69, 9.17) is 14.2 Å². The van der Waals surface area contributed by atoms with Crippen LogP contribution in [0.1, 0.15) is 33.6 Å². The Hall–Kier alpha value is -2.35. The summed E-state index contributed by atoms with van der Waals surface area (Å²) in [6.45, 7) is 6.43. The van der Waals surface area contributed by atoms with Crippen molar-refractivity contribution < 1.29 is 23.9 Å². The fraction of sp³-hybridized carbons (Fsp3) is 0.588. The number of methoxy groups -OCH3 is 2. The molecule has 1 aromatic rings. The third-order valence-electron chi connectivity index (χ3n) is 3.73. The number of carbonyl (C=O) groups excluding carboxylic acids is 1. The van der Waals surface area contributed by atoms with Crippen molar-refractivity contribution in [2.24, 2.45) is 5.41 Å². The van der Waals surface area contributed by atoms with Crippen LogP contribution < -0.4 is 10.1 Å². The van der Waals surface area contributed by atoms with Gasteiger partial charge in [0.1, 0.15) is 5.69 Å². The first-order valence-corrected chi connectivity index (χ1v) is 7.98. The molecule has 1 N–H and O–H groups in total. The van der Waals surface area contributed by atoms with Gasteiger partial charge < -0.3 is 14.2 Å². The number of ether oxygens (including phenoxy) is 3. The molecule has 0 spiro atoms. The second-order valence-corrected chi connectivity index (χ2v) is 6.61. The van der Waals surface area contributed by atoms with Gasteiger partial charge in [0, 0.05) is 7.11 Å². The Bertz CT molecular complexity index is 597. The average molecular weight is 354 g/mol. The summed E-state index contributed by atoms with van der Waals surface area (Å²) >= 11 is 0. The van der Waals surface area contributed by atoms with Crippen molar-refractivity contribution in [1.29, 1.82) is 0 Å². The van der Waals surface area contributed by atoms with Gasteiger partial charge >= 0.3 is 11.8 Å². The van der Waals surface area contributed by atoms with Crippen LogP contribution in [0.15, 0.2) is 18.2 Å². The summed E-state index contributed by atoms with van der Waals surface area (Å²) in [6.07, 6.45) is 0.676. The molecule has 0 saturated carbocycles. The van der Waals surface area contributed by atoms with Gasteiger partial charge in [-0.2, -0.15) is 0 Å². The summed E-state index contributed by atoms with van der Waals surface area (Å²) in [5, 5.41) is 13.5. The Morgan fingerprint density at radius 3 is 2.52 bits per heavy atom. The molecule has 0 saturated heterocycles. The number of nitro benzene ring substituents is 1. The topological polar surface area (TPSA) is 99.9 Å². The van der Waals surface area contributed by atoms with E-state index in [2.05, 4.69) is 26.1 Å². The first-order valence-electron chi connectivity index (χ1n) is 7.98. The van der Waals surface area contributed by atoms with Gasteiger partial charge in [-0.3, -0.25) is 15.4 Å². The van der Waals surface area contributed by atoms with E-state index in [0.29, 0.717) is 6.42 Å². The van der Waals surface area contributed by atoms with Crippen LogP contribution in [0.25, 0.3) is 0 Å². The van der Waals surface area contributed by atoms with Crippen LogP contribution in [0.5, 0.6) is 5.75 Å². The van der Waals surface area contributed by atoms with Gasteiger partial charge in [-0.05, 0) is 30.4 Å². The van der Waals surface area contributed by atoms with Gasteiger partial charge in [0.15, 0.2) is 5.75 Å². The van der Waals surface area contributed by atoms with E-state index in [9.17, 15) is 14.9 Å². The lowest BCUT2D eigenvalue weighted by atomic mass is 9.86. The van der Waals surface area contributed by atoms with E-state index < -0.39 is 11.0 Å². The maximum absolute atomic E-state index is 11.9. The number of hydrogen-bond acceptors (Lipinski definition) is 6. The molecule has 8 nitrogen and oxygen atoms in total. The molecule has 25 heavy (non-hydrogen) atoms. The lowest BCUT2D eigenvalue weighted by molar-refractivity contribution is -0.384. The smallest absolute Gasteiger partial charge is 0.411 e. The van der Waals surface area contributed by atoms with Crippen LogP contribution >= 0.6 is 0 Å². The second kappa shape index (κ2) is 9.22. The molecule has 0 aliphatic heterocycles. The third kappa shape index (κ3) is 6.22. The average Bonchev–Trinajstić information content (AvgIpc) is 2.52. The number of rotatable bonds is 8. The van der Waals surface area contributed by atoms with Crippen molar-refractivity contribution in [3.63, 3.8) is 0 Å². The van der Waals surface area contributed by atoms with Gasteiger partial charge in [-0.1, -0.05) is 26.8 Å². The first kappa shape index (κ1) is 20.7. The minimum atomic E-state index is -0.749. The highest BCUT2D eigenvalue weighted by Crippen LogP contribution is 2.34. The molecule has 1 unspecified atom stereocenters. The summed E-state index contributed by atoms with van der Waals surface area (Å²) in [5.74, 6) is 0.0657. The van der Waals surface area contributed by atoms with Crippen molar-refractivity contribution in [1.82, 2.24) is 0 Å². The van der Waals surface area contributed by atoms with Gasteiger partial charge in [-0.25, -0.2) is 4.79 Å². The molecule has 0 aliphatic carbocycles. The molecular weight excluding hydrogens is 328 g/mol. The van der Waals surface area contributed by atoms with Crippen molar-refractivity contribution in [2.75, 3.05) is 26.1 Å². The zero-order valence-electron chi connectivity index (χ0n) is 15.3. The summed E-state index contributed by atoms with van der Waals surface area (Å²) in [7, 11) is 2.98. The van der Waals surface area contributed by atoms with E-state index in [-0.39, 0.29) is 35.3 Å². The number of anilines is 1. The minimum Gasteiger partial charge on any atom is -0.490 e. The van der Waals surface area contributed by atoms with Crippen LogP contribution in [0.4, 0.5) is 16.2 Å². The molecule has 1 rings (SSSR count). The molecular formula is C17H26N2O6. The zero-order valence-corrected chi connectivity index (χ0v) is 15.3. The number of carbonyl (C=O) groups is 1. The van der Waals surface area contributed by atoms with Gasteiger partial charge in [0.25, 0.3) is 0 Å². The molecule has 0 aliphatic rings. The SMILES string of the molecule is COc1cccc(NC(=O)OCCCC(OC)C(C)(C)C)c1[N+](=O)[O-]. The van der Waals surface area contributed by atoms with E-state index in [1.807, 2.05) is 0 Å². The summed E-state index contributed by atoms with van der Waals surface area (Å²) < 4.78 is 15.5. The maximum Gasteiger partial charge on any atom is 0.411 e. The molecule has 1 amide bonds. The molecule has 0 fully saturated rings. The quantitative estimate of drug-likeness (QED) is 0.430. The fourth-order valence-corrected chi connectivity index (χ4v) is 2.46. The Labute approximate surface area is 147 Å². The Morgan fingerprint density at radius 2 is 2.00 bits per heavy atom. The number of nitrogens with zero attached hydrogens (tertiary/aromatic N) is 1. The monoisotopic (exact) mass is 354 g/mol. The maximum atomic E-state index is 11.9. The van der Waals surface area contributed by atoms with E-state index in [1.165, 1.54) is 19.2 Å². The minimum absolute atomic E-state index is 0.00177. The molecule has 0 bridgehead atoms. The summed E-state index contributed by atoms with van der Waals surface area (Å²) in [6, 6.07) is 4.42. The summed E-state index contributed by atoms with van der Waals surface area (Å²) in [4.78, 5) is 22.4. The number of nitro groups is 1. The highest BCUT2D eigenvalue weighted by molar-refractivity contribution is 5.89. The van der Waals surface area contributed by atoms with Crippen molar-refractivity contribution in [3.8, 4) is 5.75 Å². The molecule has 140 valence electrons. The molecule has 0 heterocycles. The van der Waals surface area contributed by atoms with E-state index >= 15 is 0 Å². The standard InChI is InChI=1S/C17H26N2O6/c1-17(2,3)14(24-5)10-7-11-25-16(20)18-12-8-6-9-13(23-4)15(12)19(21)22/h6,8-9,14H,7,10-11H2,1-5H3,(H,18,20). The van der Waals surface area contributed by atoms with Gasteiger partial charge in [0.05, 0.1) is 24.7 Å². The van der Waals surface area contributed by atoms with E-state index in [0.717, 1.165) is 6.42 Å². The lowest BCUT2D eigenvalue weighted by Crippen LogP contribution is -2.28. The third-order valence-corrected chi connectivity index (χ3v) is 3.73. The molecule has 0 radical (unpaired) electrons. The lowest BCUT2D eigenvalue weighted by Gasteiger charge is -2.29. The Balaban J connectivity index is 2.57. The highest BCUT2D eigenvalue weighted by atomic mass is 16.6. The highest BCUT2D eigenvalue weighted by Gasteiger charge is 2.24. The molecule has 8 heteroatoms. The Kier molecular flexibility index (Phi) is 7.63. The number of benzene rings is 1. The number of amides is 1. The van der Waals surface area contributed by atoms with Crippen LogP contribution in [0, 0.1) is 15.5 Å². The molecule has 1 atom stereocenters. The second-order valence-electron chi connectivity index (χ2n) is 6.61. The van der Waals surface area contributed by atoms with Crippen LogP contribution in [0.2, 0.25) is 0 Å². The van der Waals surface area contributed by atoms with Gasteiger partial charge in [0.2, 0.25) is 0 Å². The first-order chi connectivity index (χ1) is 11.7. The van der Waals surface area contributed by atoms with Crippen LogP contribution in [0.3, 0.4) is 0 Å². The van der Waals surface area contributed by atoms with Crippen LogP contribution in [-0.4, -0.2) is 37.9 Å².